The molecular formula is C21H19F5N2O2. The topological polar surface area (TPSA) is 40.6 Å². The van der Waals surface area contributed by atoms with E-state index < -0.39 is 29.3 Å². The summed E-state index contributed by atoms with van der Waals surface area (Å²) in [5, 5.41) is 0. The monoisotopic (exact) mass is 426 g/mol. The molecule has 30 heavy (non-hydrogen) atoms. The van der Waals surface area contributed by atoms with E-state index in [9.17, 15) is 31.5 Å². The minimum absolute atomic E-state index is 0.0528. The summed E-state index contributed by atoms with van der Waals surface area (Å²) in [5.41, 5.74) is -0.442. The summed E-state index contributed by atoms with van der Waals surface area (Å²) < 4.78 is 64.7. The number of hydrogen-bond acceptors (Lipinski definition) is 2. The highest BCUT2D eigenvalue weighted by atomic mass is 19.4. The third-order valence-corrected chi connectivity index (χ3v) is 4.97. The van der Waals surface area contributed by atoms with Crippen LogP contribution in [0, 0.1) is 11.6 Å². The van der Waals surface area contributed by atoms with Crippen LogP contribution in [0.3, 0.4) is 0 Å². The highest BCUT2D eigenvalue weighted by Gasteiger charge is 2.32. The summed E-state index contributed by atoms with van der Waals surface area (Å²) in [6.07, 6.45) is -4.18. The van der Waals surface area contributed by atoms with Crippen LogP contribution in [0.2, 0.25) is 0 Å². The average Bonchev–Trinajstić information content (AvgIpc) is 2.73. The van der Waals surface area contributed by atoms with Gasteiger partial charge in [-0.25, -0.2) is 8.78 Å². The van der Waals surface area contributed by atoms with Gasteiger partial charge in [0.15, 0.2) is 11.6 Å². The summed E-state index contributed by atoms with van der Waals surface area (Å²) in [6.45, 7) is 0.903. The van der Waals surface area contributed by atoms with Gasteiger partial charge in [0, 0.05) is 38.2 Å². The Morgan fingerprint density at radius 2 is 1.53 bits per heavy atom. The Labute approximate surface area is 169 Å². The van der Waals surface area contributed by atoms with Crippen molar-refractivity contribution in [3.8, 4) is 0 Å². The van der Waals surface area contributed by atoms with Crippen LogP contribution >= 0.6 is 0 Å². The van der Waals surface area contributed by atoms with Crippen molar-refractivity contribution in [1.29, 1.82) is 0 Å². The number of benzene rings is 2. The molecule has 0 saturated carbocycles. The van der Waals surface area contributed by atoms with E-state index in [0.717, 1.165) is 24.3 Å². The van der Waals surface area contributed by atoms with Gasteiger partial charge < -0.3 is 9.80 Å². The van der Waals surface area contributed by atoms with Crippen molar-refractivity contribution in [2.75, 3.05) is 26.2 Å². The summed E-state index contributed by atoms with van der Waals surface area (Å²) in [5.74, 6) is -2.63. The van der Waals surface area contributed by atoms with Crippen LogP contribution in [0.1, 0.15) is 27.9 Å². The van der Waals surface area contributed by atoms with Crippen LogP contribution in [0.25, 0.3) is 0 Å². The first-order chi connectivity index (χ1) is 14.1. The lowest BCUT2D eigenvalue weighted by Gasteiger charge is -2.35. The number of piperazine rings is 1. The summed E-state index contributed by atoms with van der Waals surface area (Å²) >= 11 is 0. The molecule has 1 heterocycles. The molecule has 2 aromatic rings. The molecule has 0 aliphatic carbocycles. The van der Waals surface area contributed by atoms with Crippen LogP contribution in [-0.2, 0) is 17.4 Å². The molecule has 0 spiro atoms. The fourth-order valence-electron chi connectivity index (χ4n) is 3.27. The minimum Gasteiger partial charge on any atom is -0.339 e. The smallest absolute Gasteiger partial charge is 0.339 e. The predicted molar refractivity (Wildman–Crippen MR) is 98.6 cm³/mol. The van der Waals surface area contributed by atoms with Crippen LogP contribution in [0.5, 0.6) is 0 Å². The Bertz CT molecular complexity index is 937. The molecule has 1 aliphatic rings. The molecule has 0 unspecified atom stereocenters. The first-order valence-corrected chi connectivity index (χ1v) is 9.33. The van der Waals surface area contributed by atoms with E-state index in [2.05, 4.69) is 0 Å². The van der Waals surface area contributed by atoms with E-state index in [1.165, 1.54) is 23.1 Å². The third kappa shape index (κ3) is 5.14. The Morgan fingerprint density at radius 1 is 0.867 bits per heavy atom. The maximum atomic E-state index is 13.2. The fourth-order valence-corrected chi connectivity index (χ4v) is 3.27. The molecule has 1 fully saturated rings. The van der Waals surface area contributed by atoms with Crippen LogP contribution in [-0.4, -0.2) is 47.8 Å². The van der Waals surface area contributed by atoms with Gasteiger partial charge in [-0.05, 0) is 42.3 Å². The van der Waals surface area contributed by atoms with Gasteiger partial charge in [-0.3, -0.25) is 9.59 Å². The summed E-state index contributed by atoms with van der Waals surface area (Å²) in [7, 11) is 0. The number of rotatable bonds is 4. The molecule has 1 saturated heterocycles. The average molecular weight is 426 g/mol. The Morgan fingerprint density at radius 3 is 2.17 bits per heavy atom. The van der Waals surface area contributed by atoms with Crippen LogP contribution < -0.4 is 0 Å². The van der Waals surface area contributed by atoms with Gasteiger partial charge in [0.25, 0.3) is 5.91 Å². The lowest BCUT2D eigenvalue weighted by atomic mass is 10.1. The maximum absolute atomic E-state index is 13.2. The molecular weight excluding hydrogens is 407 g/mol. The normalized spacial score (nSPS) is 14.7. The molecule has 0 N–H and O–H groups in total. The number of halogens is 5. The molecule has 0 atom stereocenters. The Hall–Kier alpha value is -2.97. The number of hydrogen-bond donors (Lipinski definition) is 0. The van der Waals surface area contributed by atoms with Crippen molar-refractivity contribution in [1.82, 2.24) is 9.80 Å². The quantitative estimate of drug-likeness (QED) is 0.696. The van der Waals surface area contributed by atoms with Crippen molar-refractivity contribution >= 4 is 11.8 Å². The van der Waals surface area contributed by atoms with Gasteiger partial charge in [0.05, 0.1) is 5.56 Å². The van der Waals surface area contributed by atoms with Gasteiger partial charge in [-0.15, -0.1) is 0 Å². The van der Waals surface area contributed by atoms with Crippen molar-refractivity contribution < 1.29 is 31.5 Å². The first-order valence-electron chi connectivity index (χ1n) is 9.33. The second-order valence-corrected chi connectivity index (χ2v) is 7.00. The van der Waals surface area contributed by atoms with Crippen molar-refractivity contribution in [2.45, 2.75) is 19.0 Å². The second-order valence-electron chi connectivity index (χ2n) is 7.00. The van der Waals surface area contributed by atoms with Gasteiger partial charge in [-0.1, -0.05) is 12.1 Å². The van der Waals surface area contributed by atoms with Crippen LogP contribution in [0.15, 0.2) is 42.5 Å². The fraction of sp³-hybridized carbons (Fsp3) is 0.333. The van der Waals surface area contributed by atoms with E-state index in [-0.39, 0.29) is 50.5 Å². The highest BCUT2D eigenvalue weighted by molar-refractivity contribution is 5.94. The van der Waals surface area contributed by atoms with Gasteiger partial charge in [-0.2, -0.15) is 13.2 Å². The van der Waals surface area contributed by atoms with Crippen molar-refractivity contribution in [3.63, 3.8) is 0 Å². The largest absolute Gasteiger partial charge is 0.416 e. The molecule has 0 bridgehead atoms. The van der Waals surface area contributed by atoms with Gasteiger partial charge >= 0.3 is 6.18 Å². The summed E-state index contributed by atoms with van der Waals surface area (Å²) in [6, 6.07) is 7.71. The van der Waals surface area contributed by atoms with Gasteiger partial charge in [0.1, 0.15) is 0 Å². The van der Waals surface area contributed by atoms with Crippen molar-refractivity contribution in [3.05, 3.63) is 70.8 Å². The molecule has 3 rings (SSSR count). The number of alkyl halides is 3. The van der Waals surface area contributed by atoms with E-state index in [1.807, 2.05) is 0 Å². The minimum atomic E-state index is -4.53. The molecule has 4 nitrogen and oxygen atoms in total. The number of amides is 2. The molecule has 2 amide bonds. The number of nitrogens with zero attached hydrogens (tertiary/aromatic N) is 2. The molecule has 2 aromatic carbocycles. The zero-order valence-corrected chi connectivity index (χ0v) is 15.9. The molecule has 160 valence electrons. The van der Waals surface area contributed by atoms with Crippen molar-refractivity contribution in [2.24, 2.45) is 0 Å². The lowest BCUT2D eigenvalue weighted by Crippen LogP contribution is -2.50. The third-order valence-electron chi connectivity index (χ3n) is 4.97. The Kier molecular flexibility index (Phi) is 6.38. The van der Waals surface area contributed by atoms with E-state index in [1.54, 1.807) is 4.90 Å². The number of carbonyl (C=O) groups excluding carboxylic acids is 2. The predicted octanol–water partition coefficient (Wildman–Crippen LogP) is 3.90. The van der Waals surface area contributed by atoms with E-state index >= 15 is 0 Å². The summed E-state index contributed by atoms with van der Waals surface area (Å²) in [4.78, 5) is 27.8. The molecule has 0 radical (unpaired) electrons. The second kappa shape index (κ2) is 8.81. The van der Waals surface area contributed by atoms with E-state index in [4.69, 9.17) is 0 Å². The number of aryl methyl sites for hydroxylation is 1. The Balaban J connectivity index is 1.53. The van der Waals surface area contributed by atoms with E-state index in [0.29, 0.717) is 5.56 Å². The van der Waals surface area contributed by atoms with Gasteiger partial charge in [0.2, 0.25) is 5.91 Å². The molecule has 0 aromatic heterocycles. The zero-order valence-electron chi connectivity index (χ0n) is 15.9. The van der Waals surface area contributed by atoms with Crippen LogP contribution in [0.4, 0.5) is 22.0 Å². The maximum Gasteiger partial charge on any atom is 0.416 e. The first kappa shape index (κ1) is 21.7. The lowest BCUT2D eigenvalue weighted by molar-refractivity contribution is -0.137. The molecule has 9 heteroatoms. The molecule has 1 aliphatic heterocycles. The standard InChI is InChI=1S/C21H19F5N2O2/c22-17-6-4-14(12-18(17)23)5-7-19(29)27-8-10-28(11-9-27)20(30)15-2-1-3-16(13-15)21(24,25)26/h1-4,6,12-13H,5,7-11H2. The SMILES string of the molecule is O=C(CCc1ccc(F)c(F)c1)N1CCN(C(=O)c2cccc(C(F)(F)F)c2)CC1. The highest BCUT2D eigenvalue weighted by Crippen LogP contribution is 2.29. The number of carbonyl (C=O) groups is 2. The zero-order chi connectivity index (χ0) is 21.9.